The summed E-state index contributed by atoms with van der Waals surface area (Å²) in [5.41, 5.74) is 7.36. The fourth-order valence-electron chi connectivity index (χ4n) is 5.14. The zero-order chi connectivity index (χ0) is 30.4. The van der Waals surface area contributed by atoms with Gasteiger partial charge in [-0.3, -0.25) is 19.9 Å². The fourth-order valence-corrected chi connectivity index (χ4v) is 6.92. The number of fused-ring (bicyclic) bond motifs is 1. The second kappa shape index (κ2) is 13.2. The Kier molecular flexibility index (Phi) is 9.72. The van der Waals surface area contributed by atoms with Crippen molar-refractivity contribution in [2.24, 2.45) is 5.73 Å². The van der Waals surface area contributed by atoms with Crippen LogP contribution in [-0.2, 0) is 26.1 Å². The second-order valence-electron chi connectivity index (χ2n) is 10.4. The largest absolute Gasteiger partial charge is 0.490 e. The lowest BCUT2D eigenvalue weighted by Crippen LogP contribution is -2.43. The number of likely N-dealkylation sites (tertiary alicyclic amines) is 1. The van der Waals surface area contributed by atoms with E-state index >= 15 is 0 Å². The van der Waals surface area contributed by atoms with Crippen molar-refractivity contribution in [3.8, 4) is 5.75 Å². The lowest BCUT2D eigenvalue weighted by molar-refractivity contribution is -0.142. The van der Waals surface area contributed by atoms with Crippen LogP contribution in [0.4, 0.5) is 5.69 Å². The number of anilines is 1. The Morgan fingerprint density at radius 3 is 2.29 bits per heavy atom. The summed E-state index contributed by atoms with van der Waals surface area (Å²) in [5, 5.41) is 16.0. The van der Waals surface area contributed by atoms with Crippen molar-refractivity contribution in [1.82, 2.24) is 4.90 Å². The number of ether oxygens (including phenoxy) is 2. The van der Waals surface area contributed by atoms with Gasteiger partial charge in [-0.25, -0.2) is 8.42 Å². The Balaban J connectivity index is 1.64. The van der Waals surface area contributed by atoms with Crippen LogP contribution < -0.4 is 14.8 Å². The Morgan fingerprint density at radius 1 is 1.02 bits per heavy atom. The number of hydrogen-bond acceptors (Lipinski definition) is 7. The van der Waals surface area contributed by atoms with Crippen molar-refractivity contribution >= 4 is 44.1 Å². The Hall–Kier alpha value is -4.12. The van der Waals surface area contributed by atoms with E-state index in [2.05, 4.69) is 0 Å². The van der Waals surface area contributed by atoms with E-state index in [4.69, 9.17) is 26.0 Å². The molecule has 4 rings (SSSR count). The average Bonchev–Trinajstić information content (AvgIpc) is 2.96. The molecular weight excluding hydrogens is 554 g/mol. The van der Waals surface area contributed by atoms with Gasteiger partial charge in [-0.2, -0.15) is 0 Å². The van der Waals surface area contributed by atoms with Gasteiger partial charge in [0.25, 0.3) is 0 Å². The Bertz CT molecular complexity index is 1550. The van der Waals surface area contributed by atoms with Gasteiger partial charge in [-0.1, -0.05) is 31.2 Å². The molecule has 0 bridgehead atoms. The number of carbonyl (C=O) groups is 1. The van der Waals surface area contributed by atoms with Crippen molar-refractivity contribution in [1.29, 1.82) is 10.8 Å². The van der Waals surface area contributed by atoms with E-state index in [1.807, 2.05) is 29.2 Å². The molecule has 224 valence electrons. The highest BCUT2D eigenvalue weighted by Gasteiger charge is 2.38. The van der Waals surface area contributed by atoms with Crippen LogP contribution in [0.1, 0.15) is 51.2 Å². The molecule has 1 saturated heterocycles. The van der Waals surface area contributed by atoms with E-state index in [9.17, 15) is 13.2 Å². The summed E-state index contributed by atoms with van der Waals surface area (Å²) in [7, 11) is -4.18. The van der Waals surface area contributed by atoms with Gasteiger partial charge in [0, 0.05) is 31.5 Å². The SMILES string of the molecule is CCOC(=O)C(CC)S(=O)(=O)N(Cc1ccc2ccc(C(=N)N)cc2c1)c1ccc(OC2CCN(C(C)=N)CC2)cc1. The number of nitrogen functional groups attached to an aromatic ring is 1. The van der Waals surface area contributed by atoms with E-state index in [1.54, 1.807) is 57.2 Å². The van der Waals surface area contributed by atoms with Crippen LogP contribution in [0.2, 0.25) is 0 Å². The van der Waals surface area contributed by atoms with Crippen molar-refractivity contribution in [2.45, 2.75) is 57.9 Å². The average molecular weight is 594 g/mol. The predicted molar refractivity (Wildman–Crippen MR) is 166 cm³/mol. The maximum Gasteiger partial charge on any atom is 0.326 e. The number of hydrogen-bond donors (Lipinski definition) is 3. The summed E-state index contributed by atoms with van der Waals surface area (Å²) >= 11 is 0. The van der Waals surface area contributed by atoms with Crippen LogP contribution in [0.15, 0.2) is 60.7 Å². The minimum atomic E-state index is -4.18. The number of carbonyl (C=O) groups excluding carboxylic acids is 1. The van der Waals surface area contributed by atoms with Crippen molar-refractivity contribution in [3.63, 3.8) is 0 Å². The summed E-state index contributed by atoms with van der Waals surface area (Å²) < 4.78 is 40.6. The van der Waals surface area contributed by atoms with Crippen LogP contribution >= 0.6 is 0 Å². The number of nitrogens with one attached hydrogen (secondary N) is 2. The molecule has 1 fully saturated rings. The van der Waals surface area contributed by atoms with E-state index in [-0.39, 0.29) is 31.5 Å². The minimum Gasteiger partial charge on any atom is -0.490 e. The highest BCUT2D eigenvalue weighted by molar-refractivity contribution is 7.94. The van der Waals surface area contributed by atoms with Gasteiger partial charge >= 0.3 is 5.97 Å². The first kappa shape index (κ1) is 30.8. The summed E-state index contributed by atoms with van der Waals surface area (Å²) in [6.45, 7) is 6.67. The predicted octanol–water partition coefficient (Wildman–Crippen LogP) is 4.64. The Labute approximate surface area is 247 Å². The molecule has 0 radical (unpaired) electrons. The first-order valence-electron chi connectivity index (χ1n) is 14.2. The van der Waals surface area contributed by atoms with Gasteiger partial charge in [-0.05, 0) is 73.0 Å². The number of benzene rings is 3. The maximum absolute atomic E-state index is 14.0. The molecule has 0 aromatic heterocycles. The topological polar surface area (TPSA) is 150 Å². The van der Waals surface area contributed by atoms with Gasteiger partial charge < -0.3 is 20.1 Å². The molecule has 1 unspecified atom stereocenters. The quantitative estimate of drug-likeness (QED) is 0.166. The van der Waals surface area contributed by atoms with Crippen LogP contribution in [0.3, 0.4) is 0 Å². The first-order chi connectivity index (χ1) is 20.0. The Morgan fingerprint density at radius 2 is 1.69 bits per heavy atom. The third-order valence-corrected chi connectivity index (χ3v) is 9.67. The molecular formula is C31H39N5O5S. The highest BCUT2D eigenvalue weighted by atomic mass is 32.2. The van der Waals surface area contributed by atoms with Gasteiger partial charge in [0.2, 0.25) is 10.0 Å². The molecule has 3 aromatic carbocycles. The standard InChI is InChI=1S/C31H39N5O5S/c1-4-29(31(37)40-5-2)42(38,39)36(20-22-6-7-23-8-9-24(30(33)34)19-25(23)18-22)26-10-12-27(13-11-26)41-28-14-16-35(17-15-28)21(3)32/h6-13,18-19,28-29,32H,4-5,14-17,20H2,1-3H3,(H3,33,34). The number of amidine groups is 2. The first-order valence-corrected chi connectivity index (χ1v) is 15.7. The molecule has 1 heterocycles. The summed E-state index contributed by atoms with van der Waals surface area (Å²) in [6, 6.07) is 17.9. The lowest BCUT2D eigenvalue weighted by Gasteiger charge is -2.33. The zero-order valence-electron chi connectivity index (χ0n) is 24.3. The molecule has 1 atom stereocenters. The minimum absolute atomic E-state index is 0.0112. The molecule has 0 spiro atoms. The highest BCUT2D eigenvalue weighted by Crippen LogP contribution is 2.29. The van der Waals surface area contributed by atoms with Gasteiger partial charge in [0.1, 0.15) is 17.7 Å². The van der Waals surface area contributed by atoms with Gasteiger partial charge in [0.15, 0.2) is 5.25 Å². The second-order valence-corrected chi connectivity index (χ2v) is 12.4. The third kappa shape index (κ3) is 7.02. The summed E-state index contributed by atoms with van der Waals surface area (Å²) in [4.78, 5) is 14.8. The fraction of sp³-hybridized carbons (Fsp3) is 0.387. The van der Waals surface area contributed by atoms with Crippen LogP contribution in [0, 0.1) is 10.8 Å². The van der Waals surface area contributed by atoms with Crippen molar-refractivity contribution in [3.05, 3.63) is 71.8 Å². The van der Waals surface area contributed by atoms with E-state index in [0.29, 0.717) is 28.4 Å². The molecule has 0 saturated carbocycles. The summed E-state index contributed by atoms with van der Waals surface area (Å²) in [5.74, 6) is 0.351. The number of piperidine rings is 1. The smallest absolute Gasteiger partial charge is 0.326 e. The van der Waals surface area contributed by atoms with E-state index in [1.165, 1.54) is 4.31 Å². The number of esters is 1. The number of nitrogens with two attached hydrogens (primary N) is 1. The molecule has 42 heavy (non-hydrogen) atoms. The third-order valence-electron chi connectivity index (χ3n) is 7.47. The van der Waals surface area contributed by atoms with Crippen molar-refractivity contribution < 1.29 is 22.7 Å². The number of rotatable bonds is 11. The molecule has 1 aliphatic rings. The molecule has 3 aromatic rings. The van der Waals surface area contributed by atoms with E-state index in [0.717, 1.165) is 36.7 Å². The molecule has 11 heteroatoms. The monoisotopic (exact) mass is 593 g/mol. The lowest BCUT2D eigenvalue weighted by atomic mass is 10.0. The summed E-state index contributed by atoms with van der Waals surface area (Å²) in [6.07, 6.45) is 1.66. The normalized spacial score (nSPS) is 14.8. The molecule has 10 nitrogen and oxygen atoms in total. The number of nitrogens with zero attached hydrogens (tertiary/aromatic N) is 2. The maximum atomic E-state index is 14.0. The number of sulfonamides is 1. The molecule has 0 amide bonds. The van der Waals surface area contributed by atoms with Crippen LogP contribution in [0.25, 0.3) is 10.8 Å². The van der Waals surface area contributed by atoms with Gasteiger partial charge in [0.05, 0.1) is 24.7 Å². The van der Waals surface area contributed by atoms with Crippen LogP contribution in [0.5, 0.6) is 5.75 Å². The molecule has 1 aliphatic heterocycles. The van der Waals surface area contributed by atoms with Gasteiger partial charge in [-0.15, -0.1) is 0 Å². The van der Waals surface area contributed by atoms with Crippen molar-refractivity contribution in [2.75, 3.05) is 24.0 Å². The van der Waals surface area contributed by atoms with Crippen LogP contribution in [-0.4, -0.2) is 62.0 Å². The zero-order valence-corrected chi connectivity index (χ0v) is 25.1. The van der Waals surface area contributed by atoms with E-state index < -0.39 is 21.2 Å². The molecule has 0 aliphatic carbocycles. The molecule has 4 N–H and O–H groups in total.